The van der Waals surface area contributed by atoms with Gasteiger partial charge in [-0.15, -0.1) is 0 Å². The van der Waals surface area contributed by atoms with E-state index >= 15 is 0 Å². The van der Waals surface area contributed by atoms with Crippen molar-refractivity contribution in [3.63, 3.8) is 0 Å². The van der Waals surface area contributed by atoms with Crippen molar-refractivity contribution >= 4 is 17.7 Å². The van der Waals surface area contributed by atoms with Crippen LogP contribution in [-0.2, 0) is 0 Å². The molecule has 0 spiro atoms. The first-order valence-corrected chi connectivity index (χ1v) is 7.26. The van der Waals surface area contributed by atoms with Crippen LogP contribution in [0.3, 0.4) is 0 Å². The standard InChI is InChI=1S/C18H17F2NO4/c1-24-15-8-7-12(11-16(15)25-2)9-10-18(19,20)21-14-6-4-3-5-13(14)17(22)23/h3-11,21H,1-2H3,(H,22,23). The molecule has 0 aliphatic rings. The first-order chi connectivity index (χ1) is 11.9. The zero-order valence-electron chi connectivity index (χ0n) is 13.6. The van der Waals surface area contributed by atoms with Crippen LogP contribution in [0.2, 0.25) is 0 Å². The highest BCUT2D eigenvalue weighted by molar-refractivity contribution is 5.94. The lowest BCUT2D eigenvalue weighted by molar-refractivity contribution is 0.0695. The van der Waals surface area contributed by atoms with E-state index in [1.165, 1.54) is 44.6 Å². The minimum Gasteiger partial charge on any atom is -0.493 e. The first-order valence-electron chi connectivity index (χ1n) is 7.26. The highest BCUT2D eigenvalue weighted by Crippen LogP contribution is 2.29. The Morgan fingerprint density at radius 1 is 1.12 bits per heavy atom. The van der Waals surface area contributed by atoms with Crippen molar-refractivity contribution in [2.75, 3.05) is 19.5 Å². The number of nitrogens with one attached hydrogen (secondary N) is 1. The minimum absolute atomic E-state index is 0.169. The molecule has 25 heavy (non-hydrogen) atoms. The predicted molar refractivity (Wildman–Crippen MR) is 90.6 cm³/mol. The summed E-state index contributed by atoms with van der Waals surface area (Å²) in [6, 6.07) is 6.77. The average Bonchev–Trinajstić information content (AvgIpc) is 2.59. The summed E-state index contributed by atoms with van der Waals surface area (Å²) in [6.07, 6.45) is 1.85. The second-order valence-corrected chi connectivity index (χ2v) is 5.05. The van der Waals surface area contributed by atoms with Gasteiger partial charge in [-0.05, 0) is 29.8 Å². The Bertz CT molecular complexity index is 790. The Hall–Kier alpha value is -3.09. The number of carboxylic acid groups (broad SMARTS) is 1. The van der Waals surface area contributed by atoms with Gasteiger partial charge in [0.15, 0.2) is 11.5 Å². The van der Waals surface area contributed by atoms with Crippen LogP contribution in [0.1, 0.15) is 15.9 Å². The third kappa shape index (κ3) is 4.69. The molecular formula is C18H17F2NO4. The van der Waals surface area contributed by atoms with Crippen LogP contribution in [0.5, 0.6) is 11.5 Å². The molecule has 0 radical (unpaired) electrons. The molecule has 0 aliphatic carbocycles. The summed E-state index contributed by atoms with van der Waals surface area (Å²) < 4.78 is 38.4. The van der Waals surface area contributed by atoms with Crippen LogP contribution in [-0.4, -0.2) is 31.3 Å². The van der Waals surface area contributed by atoms with Crippen molar-refractivity contribution in [1.82, 2.24) is 0 Å². The summed E-state index contributed by atoms with van der Waals surface area (Å²) in [5.41, 5.74) is 0.0734. The van der Waals surface area contributed by atoms with E-state index in [2.05, 4.69) is 0 Å². The smallest absolute Gasteiger partial charge is 0.343 e. The zero-order chi connectivity index (χ0) is 18.4. The van der Waals surface area contributed by atoms with Crippen molar-refractivity contribution < 1.29 is 28.2 Å². The van der Waals surface area contributed by atoms with E-state index in [0.717, 1.165) is 0 Å². The van der Waals surface area contributed by atoms with Gasteiger partial charge < -0.3 is 19.9 Å². The molecule has 0 aliphatic heterocycles. The van der Waals surface area contributed by atoms with Crippen LogP contribution >= 0.6 is 0 Å². The number of hydrogen-bond donors (Lipinski definition) is 2. The van der Waals surface area contributed by atoms with Gasteiger partial charge in [0, 0.05) is 6.08 Å². The second kappa shape index (κ2) is 7.65. The number of methoxy groups -OCH3 is 2. The number of halogens is 2. The Labute approximate surface area is 143 Å². The highest BCUT2D eigenvalue weighted by Gasteiger charge is 2.26. The Kier molecular flexibility index (Phi) is 5.59. The molecule has 0 fully saturated rings. The molecule has 0 atom stereocenters. The van der Waals surface area contributed by atoms with Gasteiger partial charge in [0.2, 0.25) is 0 Å². The third-order valence-electron chi connectivity index (χ3n) is 3.35. The fraction of sp³-hybridized carbons (Fsp3) is 0.167. The summed E-state index contributed by atoms with van der Waals surface area (Å²) in [5, 5.41) is 11.0. The normalized spacial score (nSPS) is 11.4. The van der Waals surface area contributed by atoms with E-state index in [1.54, 1.807) is 18.2 Å². The molecule has 0 bridgehead atoms. The molecule has 2 aromatic rings. The lowest BCUT2D eigenvalue weighted by atomic mass is 10.1. The van der Waals surface area contributed by atoms with Crippen molar-refractivity contribution in [2.45, 2.75) is 6.05 Å². The van der Waals surface area contributed by atoms with Gasteiger partial charge in [-0.1, -0.05) is 24.3 Å². The molecule has 2 rings (SSSR count). The molecule has 0 saturated carbocycles. The van der Waals surface area contributed by atoms with Gasteiger partial charge >= 0.3 is 12.0 Å². The number of hydrogen-bond acceptors (Lipinski definition) is 4. The molecule has 2 N–H and O–H groups in total. The summed E-state index contributed by atoms with van der Waals surface area (Å²) in [4.78, 5) is 11.1. The van der Waals surface area contributed by atoms with Gasteiger partial charge in [0.1, 0.15) is 0 Å². The van der Waals surface area contributed by atoms with Gasteiger partial charge in [0.05, 0.1) is 25.5 Å². The number of aromatic carboxylic acids is 1. The molecule has 5 nitrogen and oxygen atoms in total. The largest absolute Gasteiger partial charge is 0.493 e. The molecule has 132 valence electrons. The maximum Gasteiger partial charge on any atom is 0.343 e. The van der Waals surface area contributed by atoms with Crippen molar-refractivity contribution in [3.8, 4) is 11.5 Å². The maximum absolute atomic E-state index is 14.1. The summed E-state index contributed by atoms with van der Waals surface area (Å²) in [5.74, 6) is -0.389. The van der Waals surface area contributed by atoms with Gasteiger partial charge in [-0.2, -0.15) is 8.78 Å². The lowest BCUT2D eigenvalue weighted by Crippen LogP contribution is -2.25. The number of carbonyl (C=O) groups is 1. The molecule has 0 heterocycles. The number of anilines is 1. The first kappa shape index (κ1) is 18.3. The lowest BCUT2D eigenvalue weighted by Gasteiger charge is -2.17. The SMILES string of the molecule is COc1ccc(C=CC(F)(F)Nc2ccccc2C(=O)O)cc1OC. The Morgan fingerprint density at radius 2 is 1.80 bits per heavy atom. The number of benzene rings is 2. The number of rotatable bonds is 7. The van der Waals surface area contributed by atoms with E-state index in [9.17, 15) is 13.6 Å². The fourth-order valence-corrected chi connectivity index (χ4v) is 2.16. The van der Waals surface area contributed by atoms with Crippen LogP contribution in [0.15, 0.2) is 48.5 Å². The third-order valence-corrected chi connectivity index (χ3v) is 3.35. The van der Waals surface area contributed by atoms with Crippen LogP contribution in [0, 0.1) is 0 Å². The van der Waals surface area contributed by atoms with E-state index < -0.39 is 12.0 Å². The maximum atomic E-state index is 14.1. The highest BCUT2D eigenvalue weighted by atomic mass is 19.3. The van der Waals surface area contributed by atoms with Gasteiger partial charge in [0.25, 0.3) is 0 Å². The molecular weight excluding hydrogens is 332 g/mol. The molecule has 0 amide bonds. The molecule has 7 heteroatoms. The number of carboxylic acids is 1. The number of alkyl halides is 2. The van der Waals surface area contributed by atoms with Crippen molar-refractivity contribution in [3.05, 3.63) is 59.7 Å². The second-order valence-electron chi connectivity index (χ2n) is 5.05. The van der Waals surface area contributed by atoms with Crippen molar-refractivity contribution in [2.24, 2.45) is 0 Å². The molecule has 2 aromatic carbocycles. The van der Waals surface area contributed by atoms with Crippen LogP contribution < -0.4 is 14.8 Å². The summed E-state index contributed by atoms with van der Waals surface area (Å²) >= 11 is 0. The topological polar surface area (TPSA) is 67.8 Å². The summed E-state index contributed by atoms with van der Waals surface area (Å²) in [6.45, 7) is 0. The van der Waals surface area contributed by atoms with E-state index in [-0.39, 0.29) is 11.3 Å². The van der Waals surface area contributed by atoms with E-state index in [1.807, 2.05) is 5.32 Å². The predicted octanol–water partition coefficient (Wildman–Crippen LogP) is 4.12. The molecule has 0 saturated heterocycles. The summed E-state index contributed by atoms with van der Waals surface area (Å²) in [7, 11) is 2.93. The monoisotopic (exact) mass is 349 g/mol. The quantitative estimate of drug-likeness (QED) is 0.736. The zero-order valence-corrected chi connectivity index (χ0v) is 13.6. The van der Waals surface area contributed by atoms with Crippen LogP contribution in [0.4, 0.5) is 14.5 Å². The molecule has 0 aromatic heterocycles. The minimum atomic E-state index is -3.45. The van der Waals surface area contributed by atoms with Crippen LogP contribution in [0.25, 0.3) is 6.08 Å². The van der Waals surface area contributed by atoms with Gasteiger partial charge in [-0.25, -0.2) is 4.79 Å². The average molecular weight is 349 g/mol. The van der Waals surface area contributed by atoms with E-state index in [0.29, 0.717) is 23.1 Å². The number of ether oxygens (including phenoxy) is 2. The fourth-order valence-electron chi connectivity index (χ4n) is 2.16. The van der Waals surface area contributed by atoms with Crippen molar-refractivity contribution in [1.29, 1.82) is 0 Å². The van der Waals surface area contributed by atoms with Gasteiger partial charge in [-0.3, -0.25) is 0 Å². The Morgan fingerprint density at radius 3 is 2.44 bits per heavy atom. The number of para-hydroxylation sites is 1. The molecule has 0 unspecified atom stereocenters. The van der Waals surface area contributed by atoms with E-state index in [4.69, 9.17) is 14.6 Å². The Balaban J connectivity index is 2.21.